The summed E-state index contributed by atoms with van der Waals surface area (Å²) in [7, 11) is 0. The van der Waals surface area contributed by atoms with Crippen molar-refractivity contribution in [1.29, 1.82) is 0 Å². The summed E-state index contributed by atoms with van der Waals surface area (Å²) in [6, 6.07) is -1.26. The normalized spacial score (nSPS) is 14.7. The molecule has 27 heavy (non-hydrogen) atoms. The van der Waals surface area contributed by atoms with Crippen molar-refractivity contribution in [3.63, 3.8) is 0 Å². The zero-order valence-corrected chi connectivity index (χ0v) is 11.7. The lowest BCUT2D eigenvalue weighted by molar-refractivity contribution is -0.378. The molecular formula is C13H10F12O2. The van der Waals surface area contributed by atoms with Gasteiger partial charge in [0.15, 0.2) is 0 Å². The molecule has 1 aromatic rings. The van der Waals surface area contributed by atoms with Crippen molar-refractivity contribution in [2.45, 2.75) is 43.3 Å². The maximum absolute atomic E-state index is 12.7. The number of benzene rings is 1. The molecule has 2 N–H and O–H groups in total. The summed E-state index contributed by atoms with van der Waals surface area (Å²) in [5.74, 6) is 0. The first-order valence-corrected chi connectivity index (χ1v) is 6.04. The summed E-state index contributed by atoms with van der Waals surface area (Å²) in [5.41, 5.74) is -16.3. The van der Waals surface area contributed by atoms with Gasteiger partial charge in [-0.3, -0.25) is 0 Å². The number of halogens is 12. The third-order valence-electron chi connectivity index (χ3n) is 3.34. The Balaban J connectivity index is 0.00000676. The molecule has 0 saturated carbocycles. The van der Waals surface area contributed by atoms with Crippen LogP contribution >= 0.6 is 0 Å². The van der Waals surface area contributed by atoms with Crippen LogP contribution in [0.25, 0.3) is 0 Å². The Morgan fingerprint density at radius 1 is 0.519 bits per heavy atom. The zero-order valence-electron chi connectivity index (χ0n) is 11.7. The van der Waals surface area contributed by atoms with E-state index in [9.17, 15) is 52.7 Å². The van der Waals surface area contributed by atoms with Crippen LogP contribution in [0, 0.1) is 0 Å². The molecule has 0 radical (unpaired) electrons. The number of aliphatic hydroxyl groups is 2. The van der Waals surface area contributed by atoms with Gasteiger partial charge in [-0.1, -0.05) is 25.6 Å². The molecule has 0 aliphatic heterocycles. The lowest BCUT2D eigenvalue weighted by Crippen LogP contribution is -2.55. The van der Waals surface area contributed by atoms with Crippen LogP contribution < -0.4 is 0 Å². The van der Waals surface area contributed by atoms with Crippen molar-refractivity contribution in [2.24, 2.45) is 0 Å². The first-order valence-electron chi connectivity index (χ1n) is 6.04. The van der Waals surface area contributed by atoms with E-state index in [1.54, 1.807) is 0 Å². The molecule has 2 nitrogen and oxygen atoms in total. The molecule has 0 bridgehead atoms. The monoisotopic (exact) mass is 426 g/mol. The molecule has 1 rings (SSSR count). The van der Waals surface area contributed by atoms with E-state index in [4.69, 9.17) is 10.2 Å². The summed E-state index contributed by atoms with van der Waals surface area (Å²) < 4.78 is 152. The highest BCUT2D eigenvalue weighted by atomic mass is 19.4. The molecular weight excluding hydrogens is 416 g/mol. The summed E-state index contributed by atoms with van der Waals surface area (Å²) in [5, 5.41) is 18.1. The number of rotatable bonds is 2. The SMILES string of the molecule is C.OC(c1cccc(C(O)(C(F)(F)F)C(F)(F)F)c1)(C(F)(F)F)C(F)(F)F. The van der Waals surface area contributed by atoms with E-state index in [-0.39, 0.29) is 25.6 Å². The van der Waals surface area contributed by atoms with Gasteiger partial charge in [0.2, 0.25) is 0 Å². The fourth-order valence-corrected chi connectivity index (χ4v) is 1.95. The van der Waals surface area contributed by atoms with Crippen molar-refractivity contribution in [1.82, 2.24) is 0 Å². The van der Waals surface area contributed by atoms with E-state index in [0.717, 1.165) is 0 Å². The van der Waals surface area contributed by atoms with Crippen LogP contribution in [0.5, 0.6) is 0 Å². The average Bonchev–Trinajstić information content (AvgIpc) is 2.40. The topological polar surface area (TPSA) is 40.5 Å². The highest BCUT2D eigenvalue weighted by Crippen LogP contribution is 2.53. The second-order valence-corrected chi connectivity index (χ2v) is 4.99. The van der Waals surface area contributed by atoms with Crippen LogP contribution in [0.1, 0.15) is 18.6 Å². The van der Waals surface area contributed by atoms with Crippen LogP contribution in [0.2, 0.25) is 0 Å². The smallest absolute Gasteiger partial charge is 0.369 e. The van der Waals surface area contributed by atoms with E-state index in [2.05, 4.69) is 0 Å². The van der Waals surface area contributed by atoms with Gasteiger partial charge in [0.05, 0.1) is 0 Å². The number of alkyl halides is 12. The zero-order chi connectivity index (χ0) is 21.0. The maximum Gasteiger partial charge on any atom is 0.430 e. The molecule has 0 amide bonds. The van der Waals surface area contributed by atoms with Crippen molar-refractivity contribution < 1.29 is 62.9 Å². The van der Waals surface area contributed by atoms with E-state index < -0.39 is 53.1 Å². The van der Waals surface area contributed by atoms with Gasteiger partial charge in [0.1, 0.15) is 0 Å². The van der Waals surface area contributed by atoms with Gasteiger partial charge < -0.3 is 10.2 Å². The van der Waals surface area contributed by atoms with Gasteiger partial charge in [-0.15, -0.1) is 0 Å². The predicted octanol–water partition coefficient (Wildman–Crippen LogP) is 4.95. The molecule has 1 aromatic carbocycles. The minimum absolute atomic E-state index is 0. The molecule has 0 saturated heterocycles. The fourth-order valence-electron chi connectivity index (χ4n) is 1.95. The summed E-state index contributed by atoms with van der Waals surface area (Å²) in [6.07, 6.45) is -26.2. The molecule has 0 aliphatic carbocycles. The first kappa shape index (κ1) is 25.3. The molecule has 158 valence electrons. The standard InChI is InChI=1S/C12H6F12O2.CH4/c13-9(14,15)7(25,10(16,17)18)5-2-1-3-6(4-5)8(26,11(19,20)21)12(22,23)24;/h1-4,25-26H;1H4. The Bertz CT molecular complexity index is 572. The van der Waals surface area contributed by atoms with Crippen LogP contribution in [0.4, 0.5) is 52.7 Å². The largest absolute Gasteiger partial charge is 0.430 e. The Hall–Kier alpha value is -1.70. The van der Waals surface area contributed by atoms with Crippen LogP contribution in [0.15, 0.2) is 24.3 Å². The minimum atomic E-state index is -6.54. The van der Waals surface area contributed by atoms with Crippen molar-refractivity contribution in [2.75, 3.05) is 0 Å². The second kappa shape index (κ2) is 6.72. The number of hydrogen-bond donors (Lipinski definition) is 2. The van der Waals surface area contributed by atoms with Gasteiger partial charge >= 0.3 is 24.7 Å². The molecule has 0 aliphatic rings. The van der Waals surface area contributed by atoms with Crippen LogP contribution in [-0.2, 0) is 11.2 Å². The summed E-state index contributed by atoms with van der Waals surface area (Å²) >= 11 is 0. The van der Waals surface area contributed by atoms with Gasteiger partial charge in [0, 0.05) is 11.1 Å². The Morgan fingerprint density at radius 2 is 0.741 bits per heavy atom. The Labute approximate surface area is 143 Å². The maximum atomic E-state index is 12.7. The number of hydrogen-bond acceptors (Lipinski definition) is 2. The summed E-state index contributed by atoms with van der Waals surface area (Å²) in [4.78, 5) is 0. The van der Waals surface area contributed by atoms with Gasteiger partial charge in [-0.25, -0.2) is 0 Å². The average molecular weight is 426 g/mol. The van der Waals surface area contributed by atoms with Gasteiger partial charge in [0.25, 0.3) is 11.2 Å². The summed E-state index contributed by atoms with van der Waals surface area (Å²) in [6.45, 7) is 0. The lowest BCUT2D eigenvalue weighted by atomic mass is 9.85. The van der Waals surface area contributed by atoms with Crippen molar-refractivity contribution in [3.05, 3.63) is 35.4 Å². The molecule has 0 aromatic heterocycles. The quantitative estimate of drug-likeness (QED) is 0.658. The first-order chi connectivity index (χ1) is 11.2. The van der Waals surface area contributed by atoms with E-state index in [0.29, 0.717) is 0 Å². The lowest BCUT2D eigenvalue weighted by Gasteiger charge is -2.35. The molecule has 0 spiro atoms. The molecule has 0 heterocycles. The molecule has 0 fully saturated rings. The van der Waals surface area contributed by atoms with Crippen molar-refractivity contribution >= 4 is 0 Å². The third-order valence-corrected chi connectivity index (χ3v) is 3.34. The molecule has 14 heteroatoms. The van der Waals surface area contributed by atoms with E-state index >= 15 is 0 Å². The fraction of sp³-hybridized carbons (Fsp3) is 0.538. The molecule has 0 unspecified atom stereocenters. The van der Waals surface area contributed by atoms with E-state index in [1.165, 1.54) is 0 Å². The van der Waals surface area contributed by atoms with Crippen LogP contribution in [0.3, 0.4) is 0 Å². The Morgan fingerprint density at radius 3 is 0.926 bits per heavy atom. The van der Waals surface area contributed by atoms with E-state index in [1.807, 2.05) is 0 Å². The highest BCUT2D eigenvalue weighted by molar-refractivity contribution is 5.36. The van der Waals surface area contributed by atoms with Gasteiger partial charge in [-0.05, 0) is 6.07 Å². The van der Waals surface area contributed by atoms with Crippen LogP contribution in [-0.4, -0.2) is 34.9 Å². The molecule has 0 atom stereocenters. The third kappa shape index (κ3) is 3.81. The Kier molecular flexibility index (Phi) is 6.30. The second-order valence-electron chi connectivity index (χ2n) is 4.99. The minimum Gasteiger partial charge on any atom is -0.369 e. The highest BCUT2D eigenvalue weighted by Gasteiger charge is 2.73. The van der Waals surface area contributed by atoms with Crippen molar-refractivity contribution in [3.8, 4) is 0 Å². The predicted molar refractivity (Wildman–Crippen MR) is 65.2 cm³/mol. The van der Waals surface area contributed by atoms with Gasteiger partial charge in [-0.2, -0.15) is 52.7 Å².